The second-order valence-corrected chi connectivity index (χ2v) is 4.52. The van der Waals surface area contributed by atoms with Crippen LogP contribution in [0.2, 0.25) is 5.02 Å². The van der Waals surface area contributed by atoms with E-state index in [2.05, 4.69) is 10.3 Å². The van der Waals surface area contributed by atoms with E-state index in [4.69, 9.17) is 11.6 Å². The maximum atomic E-state index is 10.8. The van der Waals surface area contributed by atoms with E-state index in [0.717, 1.165) is 6.54 Å². The molecule has 0 spiro atoms. The first-order valence-corrected chi connectivity index (χ1v) is 5.49. The van der Waals surface area contributed by atoms with Gasteiger partial charge in [-0.3, -0.25) is 10.1 Å². The van der Waals surface area contributed by atoms with Crippen molar-refractivity contribution in [3.05, 3.63) is 27.4 Å². The van der Waals surface area contributed by atoms with E-state index in [1.165, 1.54) is 12.3 Å². The van der Waals surface area contributed by atoms with Gasteiger partial charge in [-0.2, -0.15) is 0 Å². The fourth-order valence-electron chi connectivity index (χ4n) is 1.51. The number of nitrogens with one attached hydrogen (secondary N) is 1. The van der Waals surface area contributed by atoms with E-state index in [9.17, 15) is 10.1 Å². The minimum atomic E-state index is -0.496. The van der Waals surface area contributed by atoms with Crippen molar-refractivity contribution in [2.75, 3.05) is 26.0 Å². The number of aromatic nitrogens is 1. The Balaban J connectivity index is 2.86. The molecule has 0 aliphatic carbocycles. The normalized spacial score (nSPS) is 12.5. The van der Waals surface area contributed by atoms with E-state index in [1.54, 1.807) is 0 Å². The van der Waals surface area contributed by atoms with E-state index < -0.39 is 4.92 Å². The average Bonchev–Trinajstić information content (AvgIpc) is 2.19. The van der Waals surface area contributed by atoms with Gasteiger partial charge in [0.25, 0.3) is 0 Å². The van der Waals surface area contributed by atoms with Gasteiger partial charge in [-0.05, 0) is 21.0 Å². The van der Waals surface area contributed by atoms with Crippen molar-refractivity contribution < 1.29 is 4.92 Å². The molecule has 7 heteroatoms. The highest BCUT2D eigenvalue weighted by molar-refractivity contribution is 6.30. The molecular weight excluding hydrogens is 244 g/mol. The van der Waals surface area contributed by atoms with Gasteiger partial charge in [0.1, 0.15) is 0 Å². The summed E-state index contributed by atoms with van der Waals surface area (Å²) in [6, 6.07) is 1.34. The topological polar surface area (TPSA) is 71.3 Å². The molecule has 0 radical (unpaired) electrons. The molecule has 1 atom stereocenters. The number of likely N-dealkylation sites (N-methyl/N-ethyl adjacent to an activating group) is 1. The molecule has 6 nitrogen and oxygen atoms in total. The molecule has 0 aliphatic rings. The Morgan fingerprint density at radius 1 is 1.65 bits per heavy atom. The third-order valence-corrected chi connectivity index (χ3v) is 2.26. The summed E-state index contributed by atoms with van der Waals surface area (Å²) < 4.78 is 0. The standard InChI is InChI=1S/C10H15ClN4O2/c1-7(6-14(2)3)13-10-9(15(16)17)4-8(11)5-12-10/h4-5,7H,6H2,1-3H3,(H,12,13). The van der Waals surface area contributed by atoms with Gasteiger partial charge in [0.05, 0.1) is 9.95 Å². The molecule has 0 aliphatic heterocycles. The van der Waals surface area contributed by atoms with Crippen LogP contribution in [-0.4, -0.2) is 41.5 Å². The predicted molar refractivity (Wildman–Crippen MR) is 67.5 cm³/mol. The summed E-state index contributed by atoms with van der Waals surface area (Å²) in [5.74, 6) is 0.244. The number of hydrogen-bond acceptors (Lipinski definition) is 5. The quantitative estimate of drug-likeness (QED) is 0.646. The summed E-state index contributed by atoms with van der Waals surface area (Å²) in [5.41, 5.74) is -0.108. The van der Waals surface area contributed by atoms with Crippen LogP contribution in [-0.2, 0) is 0 Å². The number of hydrogen-bond donors (Lipinski definition) is 1. The van der Waals surface area contributed by atoms with Crippen LogP contribution in [0.5, 0.6) is 0 Å². The first kappa shape index (κ1) is 13.7. The van der Waals surface area contributed by atoms with Crippen LogP contribution in [0.15, 0.2) is 12.3 Å². The molecule has 1 aromatic heterocycles. The van der Waals surface area contributed by atoms with Gasteiger partial charge in [-0.15, -0.1) is 0 Å². The van der Waals surface area contributed by atoms with Crippen LogP contribution in [0.4, 0.5) is 11.5 Å². The van der Waals surface area contributed by atoms with Crippen molar-refractivity contribution in [3.8, 4) is 0 Å². The Bertz CT molecular complexity index is 411. The number of rotatable bonds is 5. The summed E-state index contributed by atoms with van der Waals surface area (Å²) in [5, 5.41) is 14.1. The third-order valence-electron chi connectivity index (χ3n) is 2.05. The minimum Gasteiger partial charge on any atom is -0.361 e. The summed E-state index contributed by atoms with van der Waals surface area (Å²) >= 11 is 5.68. The lowest BCUT2D eigenvalue weighted by Gasteiger charge is -2.18. The zero-order valence-corrected chi connectivity index (χ0v) is 10.7. The van der Waals surface area contributed by atoms with Crippen molar-refractivity contribution in [1.82, 2.24) is 9.88 Å². The fraction of sp³-hybridized carbons (Fsp3) is 0.500. The summed E-state index contributed by atoms with van der Waals surface area (Å²) in [6.45, 7) is 2.68. The Morgan fingerprint density at radius 3 is 2.82 bits per heavy atom. The van der Waals surface area contributed by atoms with E-state index in [0.29, 0.717) is 0 Å². The summed E-state index contributed by atoms with van der Waals surface area (Å²) in [7, 11) is 3.86. The Labute approximate surface area is 105 Å². The molecule has 0 saturated carbocycles. The molecule has 0 amide bonds. The van der Waals surface area contributed by atoms with Gasteiger partial charge < -0.3 is 10.2 Å². The molecular formula is C10H15ClN4O2. The Kier molecular flexibility index (Phi) is 4.65. The maximum absolute atomic E-state index is 10.8. The zero-order valence-electron chi connectivity index (χ0n) is 9.98. The molecule has 1 aromatic rings. The van der Waals surface area contributed by atoms with Crippen molar-refractivity contribution in [2.45, 2.75) is 13.0 Å². The number of halogens is 1. The summed E-state index contributed by atoms with van der Waals surface area (Å²) in [4.78, 5) is 16.3. The highest BCUT2D eigenvalue weighted by Gasteiger charge is 2.17. The maximum Gasteiger partial charge on any atom is 0.312 e. The zero-order chi connectivity index (χ0) is 13.0. The highest BCUT2D eigenvalue weighted by Crippen LogP contribution is 2.25. The average molecular weight is 259 g/mol. The molecule has 1 unspecified atom stereocenters. The van der Waals surface area contributed by atoms with Crippen LogP contribution < -0.4 is 5.32 Å². The van der Waals surface area contributed by atoms with Crippen LogP contribution >= 0.6 is 11.6 Å². The fourth-order valence-corrected chi connectivity index (χ4v) is 1.66. The lowest BCUT2D eigenvalue weighted by Crippen LogP contribution is -2.30. The second kappa shape index (κ2) is 5.79. The molecule has 17 heavy (non-hydrogen) atoms. The number of pyridine rings is 1. The van der Waals surface area contributed by atoms with Crippen LogP contribution in [0.3, 0.4) is 0 Å². The number of anilines is 1. The van der Waals surface area contributed by atoms with E-state index in [1.807, 2.05) is 25.9 Å². The third kappa shape index (κ3) is 4.16. The molecule has 94 valence electrons. The van der Waals surface area contributed by atoms with Gasteiger partial charge in [0.15, 0.2) is 0 Å². The van der Waals surface area contributed by atoms with E-state index in [-0.39, 0.29) is 22.6 Å². The largest absolute Gasteiger partial charge is 0.361 e. The number of nitro groups is 1. The summed E-state index contributed by atoms with van der Waals surface area (Å²) in [6.07, 6.45) is 1.39. The van der Waals surface area contributed by atoms with Gasteiger partial charge in [0.2, 0.25) is 5.82 Å². The van der Waals surface area contributed by atoms with Crippen molar-refractivity contribution >= 4 is 23.1 Å². The van der Waals surface area contributed by atoms with Crippen molar-refractivity contribution in [3.63, 3.8) is 0 Å². The number of nitrogens with zero attached hydrogens (tertiary/aromatic N) is 3. The lowest BCUT2D eigenvalue weighted by molar-refractivity contribution is -0.384. The monoisotopic (exact) mass is 258 g/mol. The second-order valence-electron chi connectivity index (χ2n) is 4.09. The Morgan fingerprint density at radius 2 is 2.29 bits per heavy atom. The van der Waals surface area contributed by atoms with Crippen LogP contribution in [0, 0.1) is 10.1 Å². The highest BCUT2D eigenvalue weighted by atomic mass is 35.5. The smallest absolute Gasteiger partial charge is 0.312 e. The SMILES string of the molecule is CC(CN(C)C)Nc1ncc(Cl)cc1[N+](=O)[O-]. The van der Waals surface area contributed by atoms with Gasteiger partial charge >= 0.3 is 5.69 Å². The molecule has 0 bridgehead atoms. The van der Waals surface area contributed by atoms with Crippen molar-refractivity contribution in [1.29, 1.82) is 0 Å². The molecule has 0 aromatic carbocycles. The molecule has 0 saturated heterocycles. The van der Waals surface area contributed by atoms with Gasteiger partial charge in [-0.1, -0.05) is 11.6 Å². The first-order chi connectivity index (χ1) is 7.90. The van der Waals surface area contributed by atoms with E-state index >= 15 is 0 Å². The van der Waals surface area contributed by atoms with Crippen LogP contribution in [0.25, 0.3) is 0 Å². The van der Waals surface area contributed by atoms with Gasteiger partial charge in [-0.25, -0.2) is 4.98 Å². The molecule has 1 rings (SSSR count). The molecule has 0 fully saturated rings. The van der Waals surface area contributed by atoms with Crippen LogP contribution in [0.1, 0.15) is 6.92 Å². The van der Waals surface area contributed by atoms with Crippen molar-refractivity contribution in [2.24, 2.45) is 0 Å². The van der Waals surface area contributed by atoms with Gasteiger partial charge in [0, 0.05) is 24.8 Å². The lowest BCUT2D eigenvalue weighted by atomic mass is 10.3. The first-order valence-electron chi connectivity index (χ1n) is 5.11. The molecule has 1 heterocycles. The minimum absolute atomic E-state index is 0.0531. The Hall–Kier alpha value is -1.40. The predicted octanol–water partition coefficient (Wildman–Crippen LogP) is 2.01. The molecule has 1 N–H and O–H groups in total.